The zero-order chi connectivity index (χ0) is 15.4. The number of ether oxygens (including phenoxy) is 1. The van der Waals surface area contributed by atoms with Gasteiger partial charge in [0.2, 0.25) is 5.95 Å². The fourth-order valence-electron chi connectivity index (χ4n) is 2.39. The van der Waals surface area contributed by atoms with E-state index in [2.05, 4.69) is 15.0 Å². The largest absolute Gasteiger partial charge is 0.394 e. The first-order valence-electron chi connectivity index (χ1n) is 6.18. The number of imidazole rings is 1. The Morgan fingerprint density at radius 3 is 2.86 bits per heavy atom. The summed E-state index contributed by atoms with van der Waals surface area (Å²) in [6.07, 6.45) is -1.85. The lowest BCUT2D eigenvalue weighted by Crippen LogP contribution is -2.46. The number of nitrogens with two attached hydrogens (primary N) is 1. The smallest absolute Gasteiger partial charge is 0.223 e. The zero-order valence-electron chi connectivity index (χ0n) is 11.0. The van der Waals surface area contributed by atoms with Crippen LogP contribution in [0.4, 0.5) is 5.95 Å². The average molecular weight is 316 g/mol. The second-order valence-electron chi connectivity index (χ2n) is 5.07. The third kappa shape index (κ3) is 2.05. The van der Waals surface area contributed by atoms with Gasteiger partial charge in [-0.3, -0.25) is 4.57 Å². The maximum Gasteiger partial charge on any atom is 0.223 e. The summed E-state index contributed by atoms with van der Waals surface area (Å²) in [4.78, 5) is 11.9. The van der Waals surface area contributed by atoms with E-state index in [1.165, 1.54) is 17.8 Å². The first-order valence-corrected chi connectivity index (χ1v) is 6.56. The summed E-state index contributed by atoms with van der Waals surface area (Å²) < 4.78 is 6.90. The average Bonchev–Trinajstić information content (AvgIpc) is 2.91. The van der Waals surface area contributed by atoms with E-state index >= 15 is 0 Å². The van der Waals surface area contributed by atoms with Crippen molar-refractivity contribution in [3.05, 3.63) is 11.5 Å². The SMILES string of the molecule is C[C@@]1(O)C(O)[C@H](n2cnc3c(Cl)nc(N)nc32)O[C@@H]1CO. The lowest BCUT2D eigenvalue weighted by molar-refractivity contribution is -0.0804. The number of fused-ring (bicyclic) bond motifs is 1. The number of halogens is 1. The van der Waals surface area contributed by atoms with Crippen molar-refractivity contribution in [1.29, 1.82) is 0 Å². The Labute approximate surface area is 124 Å². The second-order valence-corrected chi connectivity index (χ2v) is 5.42. The highest BCUT2D eigenvalue weighted by Crippen LogP contribution is 2.38. The number of aromatic nitrogens is 4. The molecule has 1 saturated heterocycles. The Kier molecular flexibility index (Phi) is 3.26. The van der Waals surface area contributed by atoms with E-state index in [4.69, 9.17) is 22.1 Å². The summed E-state index contributed by atoms with van der Waals surface area (Å²) in [6.45, 7) is 0.944. The normalized spacial score (nSPS) is 32.9. The molecule has 10 heteroatoms. The predicted molar refractivity (Wildman–Crippen MR) is 72.4 cm³/mol. The molecule has 0 spiro atoms. The van der Waals surface area contributed by atoms with Crippen molar-refractivity contribution >= 4 is 28.7 Å². The van der Waals surface area contributed by atoms with Crippen molar-refractivity contribution < 1.29 is 20.1 Å². The molecule has 3 rings (SSSR count). The molecule has 1 fully saturated rings. The van der Waals surface area contributed by atoms with Crippen LogP contribution in [0, 0.1) is 0 Å². The van der Waals surface area contributed by atoms with Crippen LogP contribution in [0.1, 0.15) is 13.2 Å². The Hall–Kier alpha value is -1.52. The van der Waals surface area contributed by atoms with Crippen LogP contribution in [0.3, 0.4) is 0 Å². The first kappa shape index (κ1) is 14.4. The molecule has 5 N–H and O–H groups in total. The van der Waals surface area contributed by atoms with Gasteiger partial charge in [0.15, 0.2) is 17.0 Å². The maximum absolute atomic E-state index is 10.2. The summed E-state index contributed by atoms with van der Waals surface area (Å²) in [6, 6.07) is 0. The molecule has 2 aromatic rings. The number of rotatable bonds is 2. The molecule has 0 aromatic carbocycles. The van der Waals surface area contributed by atoms with Gasteiger partial charge in [0.05, 0.1) is 12.9 Å². The maximum atomic E-state index is 10.2. The molecule has 9 nitrogen and oxygen atoms in total. The fraction of sp³-hybridized carbons (Fsp3) is 0.545. The highest BCUT2D eigenvalue weighted by atomic mass is 35.5. The number of aliphatic hydroxyl groups is 3. The zero-order valence-corrected chi connectivity index (χ0v) is 11.8. The van der Waals surface area contributed by atoms with Crippen LogP contribution in [0.15, 0.2) is 6.33 Å². The fourth-order valence-corrected chi connectivity index (χ4v) is 2.61. The molecule has 0 bridgehead atoms. The number of aliphatic hydroxyl groups excluding tert-OH is 2. The summed E-state index contributed by atoms with van der Waals surface area (Å²) in [7, 11) is 0. The molecule has 3 heterocycles. The topological polar surface area (TPSA) is 140 Å². The van der Waals surface area contributed by atoms with E-state index in [0.717, 1.165) is 0 Å². The Balaban J connectivity index is 2.10. The third-order valence-corrected chi connectivity index (χ3v) is 3.92. The van der Waals surface area contributed by atoms with Gasteiger partial charge in [-0.2, -0.15) is 9.97 Å². The van der Waals surface area contributed by atoms with Crippen molar-refractivity contribution in [1.82, 2.24) is 19.5 Å². The van der Waals surface area contributed by atoms with Gasteiger partial charge in [-0.15, -0.1) is 0 Å². The van der Waals surface area contributed by atoms with E-state index in [1.54, 1.807) is 0 Å². The van der Waals surface area contributed by atoms with Crippen molar-refractivity contribution in [2.24, 2.45) is 0 Å². The molecule has 114 valence electrons. The molecular weight excluding hydrogens is 302 g/mol. The standard InChI is InChI=1S/C11H14ClN5O4/c1-11(20)4(2-18)21-9(6(11)19)17-3-14-5-7(12)15-10(13)16-8(5)17/h3-4,6,9,18-20H,2H2,1H3,(H2,13,15,16)/t4-,6?,9-,11+/m1/s1. The van der Waals surface area contributed by atoms with Crippen molar-refractivity contribution in [3.8, 4) is 0 Å². The van der Waals surface area contributed by atoms with Crippen molar-refractivity contribution in [2.75, 3.05) is 12.3 Å². The van der Waals surface area contributed by atoms with E-state index in [9.17, 15) is 15.3 Å². The molecule has 0 saturated carbocycles. The van der Waals surface area contributed by atoms with Crippen molar-refractivity contribution in [2.45, 2.75) is 31.0 Å². The van der Waals surface area contributed by atoms with Crippen LogP contribution in [0.2, 0.25) is 5.15 Å². The Bertz CT molecular complexity index is 691. The Morgan fingerprint density at radius 1 is 1.52 bits per heavy atom. The van der Waals surface area contributed by atoms with E-state index in [-0.39, 0.29) is 16.7 Å². The number of nitrogens with zero attached hydrogens (tertiary/aromatic N) is 4. The van der Waals surface area contributed by atoms with Gasteiger partial charge in [0.25, 0.3) is 0 Å². The molecule has 1 aliphatic rings. The van der Waals surface area contributed by atoms with Crippen LogP contribution in [-0.4, -0.2) is 59.3 Å². The minimum atomic E-state index is -1.61. The quantitative estimate of drug-likeness (QED) is 0.521. The van der Waals surface area contributed by atoms with E-state index in [0.29, 0.717) is 5.52 Å². The summed E-state index contributed by atoms with van der Waals surface area (Å²) in [5.41, 5.74) is 4.51. The molecule has 0 amide bonds. The van der Waals surface area contributed by atoms with Crippen LogP contribution in [0.5, 0.6) is 0 Å². The monoisotopic (exact) mass is 315 g/mol. The first-order chi connectivity index (χ1) is 9.86. The Morgan fingerprint density at radius 2 is 2.24 bits per heavy atom. The van der Waals surface area contributed by atoms with Gasteiger partial charge in [0.1, 0.15) is 23.3 Å². The van der Waals surface area contributed by atoms with Gasteiger partial charge in [-0.1, -0.05) is 11.6 Å². The van der Waals surface area contributed by atoms with Crippen LogP contribution < -0.4 is 5.73 Å². The van der Waals surface area contributed by atoms with Crippen LogP contribution in [-0.2, 0) is 4.74 Å². The number of hydrogen-bond donors (Lipinski definition) is 4. The molecule has 2 aromatic heterocycles. The molecule has 0 radical (unpaired) electrons. The summed E-state index contributed by atoms with van der Waals surface area (Å²) in [5, 5.41) is 29.8. The van der Waals surface area contributed by atoms with Crippen molar-refractivity contribution in [3.63, 3.8) is 0 Å². The molecule has 21 heavy (non-hydrogen) atoms. The highest BCUT2D eigenvalue weighted by molar-refractivity contribution is 6.33. The minimum absolute atomic E-state index is 0.0489. The third-order valence-electron chi connectivity index (χ3n) is 3.66. The molecule has 4 atom stereocenters. The molecular formula is C11H14ClN5O4. The molecule has 0 aliphatic carbocycles. The van der Waals surface area contributed by atoms with Gasteiger partial charge in [-0.05, 0) is 6.92 Å². The van der Waals surface area contributed by atoms with Gasteiger partial charge < -0.3 is 25.8 Å². The number of nitrogen functional groups attached to an aromatic ring is 1. The number of hydrogen-bond acceptors (Lipinski definition) is 8. The summed E-state index contributed by atoms with van der Waals surface area (Å²) in [5.74, 6) is -0.0489. The lowest BCUT2D eigenvalue weighted by atomic mass is 9.95. The minimum Gasteiger partial charge on any atom is -0.394 e. The second kappa shape index (κ2) is 4.75. The van der Waals surface area contributed by atoms with Gasteiger partial charge in [0, 0.05) is 0 Å². The lowest BCUT2D eigenvalue weighted by Gasteiger charge is -2.25. The molecule has 1 aliphatic heterocycles. The highest BCUT2D eigenvalue weighted by Gasteiger charge is 2.52. The van der Waals surface area contributed by atoms with Gasteiger partial charge in [-0.25, -0.2) is 4.98 Å². The van der Waals surface area contributed by atoms with Crippen LogP contribution >= 0.6 is 11.6 Å². The predicted octanol–water partition coefficient (Wildman–Crippen LogP) is -0.937. The summed E-state index contributed by atoms with van der Waals surface area (Å²) >= 11 is 5.93. The van der Waals surface area contributed by atoms with Gasteiger partial charge >= 0.3 is 0 Å². The van der Waals surface area contributed by atoms with E-state index in [1.807, 2.05) is 0 Å². The van der Waals surface area contributed by atoms with E-state index < -0.39 is 30.6 Å². The van der Waals surface area contributed by atoms with Crippen LogP contribution in [0.25, 0.3) is 11.2 Å². The number of anilines is 1. The molecule has 1 unspecified atom stereocenters.